The molecule has 2 heterocycles. The number of carbonyl (C=O) groups is 1. The van der Waals surface area contributed by atoms with Crippen LogP contribution in [-0.2, 0) is 4.74 Å². The first-order valence-electron chi connectivity index (χ1n) is 7.62. The molecule has 114 valence electrons. The Morgan fingerprint density at radius 2 is 2.14 bits per heavy atom. The first-order chi connectivity index (χ1) is 10.1. The largest absolute Gasteiger partial charge is 0.375 e. The van der Waals surface area contributed by atoms with Crippen LogP contribution in [0.3, 0.4) is 0 Å². The predicted molar refractivity (Wildman–Crippen MR) is 91.2 cm³/mol. The zero-order valence-electron chi connectivity index (χ0n) is 12.4. The normalized spacial score (nSPS) is 25.0. The number of ether oxygens (including phenoxy) is 1. The lowest BCUT2D eigenvalue weighted by molar-refractivity contribution is -0.0959. The number of halogens is 1. The van der Waals surface area contributed by atoms with E-state index in [0.717, 1.165) is 59.4 Å². The van der Waals surface area contributed by atoms with Crippen LogP contribution in [-0.4, -0.2) is 29.5 Å². The van der Waals surface area contributed by atoms with E-state index < -0.39 is 0 Å². The zero-order valence-corrected chi connectivity index (χ0v) is 14.8. The second kappa shape index (κ2) is 6.43. The number of Topliss-reactive ketones (excluding diaryl/α,β-unsaturated/α-hetero) is 1. The lowest BCUT2D eigenvalue weighted by Crippen LogP contribution is -2.44. The van der Waals surface area contributed by atoms with Gasteiger partial charge in [0.2, 0.25) is 0 Å². The maximum Gasteiger partial charge on any atom is 0.166 e. The average Bonchev–Trinajstić information content (AvgIpc) is 2.50. The summed E-state index contributed by atoms with van der Waals surface area (Å²) >= 11 is 5.53. The monoisotopic (exact) mass is 368 g/mol. The highest BCUT2D eigenvalue weighted by Crippen LogP contribution is 2.41. The molecule has 0 saturated carbocycles. The van der Waals surface area contributed by atoms with Crippen LogP contribution in [0.5, 0.6) is 0 Å². The molecule has 0 aliphatic carbocycles. The van der Waals surface area contributed by atoms with Gasteiger partial charge in [-0.05, 0) is 55.7 Å². The Hall–Kier alpha value is -0.320. The third kappa shape index (κ3) is 3.22. The molecule has 4 heteroatoms. The van der Waals surface area contributed by atoms with Gasteiger partial charge in [0.05, 0.1) is 5.60 Å². The van der Waals surface area contributed by atoms with Crippen LogP contribution in [0.1, 0.15) is 41.6 Å². The van der Waals surface area contributed by atoms with Gasteiger partial charge < -0.3 is 4.74 Å². The van der Waals surface area contributed by atoms with Gasteiger partial charge in [-0.1, -0.05) is 28.1 Å². The summed E-state index contributed by atoms with van der Waals surface area (Å²) in [6, 6.07) is 5.91. The highest BCUT2D eigenvalue weighted by Gasteiger charge is 2.41. The van der Waals surface area contributed by atoms with Crippen molar-refractivity contribution in [2.75, 3.05) is 18.1 Å². The molecule has 0 radical (unpaired) electrons. The van der Waals surface area contributed by atoms with Gasteiger partial charge in [-0.15, -0.1) is 0 Å². The van der Waals surface area contributed by atoms with Gasteiger partial charge in [0.25, 0.3) is 0 Å². The van der Waals surface area contributed by atoms with Crippen LogP contribution in [0, 0.1) is 12.8 Å². The lowest BCUT2D eigenvalue weighted by atomic mass is 9.78. The van der Waals surface area contributed by atoms with Gasteiger partial charge in [-0.25, -0.2) is 0 Å². The van der Waals surface area contributed by atoms with Crippen LogP contribution in [0.2, 0.25) is 0 Å². The van der Waals surface area contributed by atoms with E-state index in [4.69, 9.17) is 4.74 Å². The molecule has 0 N–H and O–H groups in total. The first kappa shape index (κ1) is 15.6. The molecule has 1 unspecified atom stereocenters. The Morgan fingerprint density at radius 3 is 2.90 bits per heavy atom. The fourth-order valence-corrected chi connectivity index (χ4v) is 5.04. The molecule has 1 spiro atoms. The van der Waals surface area contributed by atoms with Gasteiger partial charge >= 0.3 is 0 Å². The van der Waals surface area contributed by atoms with E-state index in [9.17, 15) is 4.79 Å². The number of benzene rings is 1. The molecular formula is C17H21BrO2S. The van der Waals surface area contributed by atoms with Crippen LogP contribution >= 0.6 is 27.7 Å². The molecule has 0 bridgehead atoms. The lowest BCUT2D eigenvalue weighted by Gasteiger charge is -2.43. The summed E-state index contributed by atoms with van der Waals surface area (Å²) in [6.45, 7) is 2.75. The summed E-state index contributed by atoms with van der Waals surface area (Å²) < 4.78 is 7.12. The minimum Gasteiger partial charge on any atom is -0.375 e. The van der Waals surface area contributed by atoms with Crippen molar-refractivity contribution in [3.8, 4) is 0 Å². The number of hydrogen-bond donors (Lipinski definition) is 0. The standard InChI is InChI=1S/C17H21BrO2S/c1-12-14(3-2-4-15(12)18)16(19)13-5-8-20-17(11-13)6-9-21-10-7-17/h2-4,13H,5-11H2,1H3. The molecule has 0 aromatic heterocycles. The smallest absolute Gasteiger partial charge is 0.166 e. The van der Waals surface area contributed by atoms with E-state index in [1.165, 1.54) is 0 Å². The van der Waals surface area contributed by atoms with Crippen LogP contribution in [0.4, 0.5) is 0 Å². The van der Waals surface area contributed by atoms with Crippen molar-refractivity contribution in [1.29, 1.82) is 0 Å². The molecule has 1 atom stereocenters. The van der Waals surface area contributed by atoms with Crippen molar-refractivity contribution in [1.82, 2.24) is 0 Å². The highest BCUT2D eigenvalue weighted by atomic mass is 79.9. The number of ketones is 1. The topological polar surface area (TPSA) is 26.3 Å². The van der Waals surface area contributed by atoms with Crippen LogP contribution in [0.25, 0.3) is 0 Å². The fraction of sp³-hybridized carbons (Fsp3) is 0.588. The van der Waals surface area contributed by atoms with Gasteiger partial charge in [-0.3, -0.25) is 4.79 Å². The summed E-state index contributed by atoms with van der Waals surface area (Å²) in [5, 5.41) is 0. The molecule has 2 aliphatic rings. The first-order valence-corrected chi connectivity index (χ1v) is 9.57. The average molecular weight is 369 g/mol. The maximum absolute atomic E-state index is 12.9. The Morgan fingerprint density at radius 1 is 1.38 bits per heavy atom. The summed E-state index contributed by atoms with van der Waals surface area (Å²) in [4.78, 5) is 12.9. The van der Waals surface area contributed by atoms with E-state index >= 15 is 0 Å². The van der Waals surface area contributed by atoms with Crippen molar-refractivity contribution in [3.05, 3.63) is 33.8 Å². The number of carbonyl (C=O) groups excluding carboxylic acids is 1. The van der Waals surface area contributed by atoms with Gasteiger partial charge in [0.15, 0.2) is 5.78 Å². The predicted octanol–water partition coefficient (Wildman–Crippen LogP) is 4.63. The zero-order chi connectivity index (χ0) is 14.9. The third-order valence-electron chi connectivity index (χ3n) is 4.80. The SMILES string of the molecule is Cc1c(Br)cccc1C(=O)C1CCOC2(CCSCC2)C1. The molecule has 1 aromatic rings. The van der Waals surface area contributed by atoms with Gasteiger partial charge in [-0.2, -0.15) is 11.8 Å². The van der Waals surface area contributed by atoms with Crippen LogP contribution in [0.15, 0.2) is 22.7 Å². The minimum absolute atomic E-state index is 0.0241. The molecule has 2 aliphatic heterocycles. The number of thioether (sulfide) groups is 1. The van der Waals surface area contributed by atoms with Crippen molar-refractivity contribution in [3.63, 3.8) is 0 Å². The Bertz CT molecular complexity index is 532. The quantitative estimate of drug-likeness (QED) is 0.711. The van der Waals surface area contributed by atoms with Gasteiger partial charge in [0, 0.05) is 22.6 Å². The summed E-state index contributed by atoms with van der Waals surface area (Å²) in [5.41, 5.74) is 1.91. The Balaban J connectivity index is 1.79. The third-order valence-corrected chi connectivity index (χ3v) is 6.65. The van der Waals surface area contributed by atoms with Crippen molar-refractivity contribution in [2.24, 2.45) is 5.92 Å². The Labute approximate surface area is 139 Å². The molecule has 0 amide bonds. The molecule has 3 rings (SSSR count). The van der Waals surface area contributed by atoms with Crippen molar-refractivity contribution in [2.45, 2.75) is 38.2 Å². The fourth-order valence-electron chi connectivity index (χ4n) is 3.44. The molecule has 1 aromatic carbocycles. The highest BCUT2D eigenvalue weighted by molar-refractivity contribution is 9.10. The van der Waals surface area contributed by atoms with Crippen molar-refractivity contribution < 1.29 is 9.53 Å². The van der Waals surface area contributed by atoms with Gasteiger partial charge in [0.1, 0.15) is 0 Å². The molecule has 21 heavy (non-hydrogen) atoms. The molecule has 2 nitrogen and oxygen atoms in total. The maximum atomic E-state index is 12.9. The Kier molecular flexibility index (Phi) is 4.77. The number of rotatable bonds is 2. The summed E-state index contributed by atoms with van der Waals surface area (Å²) in [7, 11) is 0. The molecule has 2 fully saturated rings. The molecule has 2 saturated heterocycles. The summed E-state index contributed by atoms with van der Waals surface area (Å²) in [6.07, 6.45) is 3.95. The van der Waals surface area contributed by atoms with E-state index in [2.05, 4.69) is 15.9 Å². The van der Waals surface area contributed by atoms with Crippen LogP contribution < -0.4 is 0 Å². The van der Waals surface area contributed by atoms with E-state index in [0.29, 0.717) is 5.78 Å². The van der Waals surface area contributed by atoms with E-state index in [-0.39, 0.29) is 11.5 Å². The summed E-state index contributed by atoms with van der Waals surface area (Å²) in [5.74, 6) is 2.75. The van der Waals surface area contributed by atoms with E-state index in [1.54, 1.807) is 0 Å². The van der Waals surface area contributed by atoms with E-state index in [1.807, 2.05) is 36.9 Å². The minimum atomic E-state index is -0.0241. The van der Waals surface area contributed by atoms with Crippen molar-refractivity contribution >= 4 is 33.5 Å². The second-order valence-corrected chi connectivity index (χ2v) is 8.19. The number of hydrogen-bond acceptors (Lipinski definition) is 3. The second-order valence-electron chi connectivity index (χ2n) is 6.11. The molecular weight excluding hydrogens is 348 g/mol.